The number of hydrogen-bond donors (Lipinski definition) is 2. The minimum absolute atomic E-state index is 0.0490. The average Bonchev–Trinajstić information content (AvgIpc) is 3.12. The van der Waals surface area contributed by atoms with Crippen molar-refractivity contribution in [2.24, 2.45) is 17.3 Å². The number of carbonyl (C=O) groups is 2. The van der Waals surface area contributed by atoms with Gasteiger partial charge in [-0.3, -0.25) is 9.69 Å². The van der Waals surface area contributed by atoms with Crippen LogP contribution in [0.3, 0.4) is 0 Å². The Hall–Kier alpha value is -1.84. The van der Waals surface area contributed by atoms with Crippen LogP contribution in [-0.4, -0.2) is 34.2 Å². The van der Waals surface area contributed by atoms with E-state index in [1.54, 1.807) is 11.0 Å². The molecule has 0 spiro atoms. The third-order valence-electron chi connectivity index (χ3n) is 6.36. The highest BCUT2D eigenvalue weighted by Gasteiger charge is 2.37. The number of thiophene rings is 1. The zero-order valence-electron chi connectivity index (χ0n) is 19.1. The second kappa shape index (κ2) is 9.75. The van der Waals surface area contributed by atoms with Gasteiger partial charge >= 0.3 is 5.97 Å². The van der Waals surface area contributed by atoms with Gasteiger partial charge in [0.1, 0.15) is 5.00 Å². The van der Waals surface area contributed by atoms with Crippen molar-refractivity contribution in [2.75, 3.05) is 4.90 Å². The molecule has 3 rings (SSSR count). The molecule has 2 N–H and O–H groups in total. The van der Waals surface area contributed by atoms with Crippen molar-refractivity contribution in [3.8, 4) is 11.8 Å². The molecule has 0 aromatic carbocycles. The zero-order valence-corrected chi connectivity index (χ0v) is 19.9. The third kappa shape index (κ3) is 6.11. The molecule has 1 aromatic heterocycles. The maximum atomic E-state index is 13.7. The lowest BCUT2D eigenvalue weighted by molar-refractivity contribution is -0.124. The smallest absolute Gasteiger partial charge is 0.338 e. The van der Waals surface area contributed by atoms with Crippen LogP contribution in [0.25, 0.3) is 0 Å². The Bertz CT molecular complexity index is 856. The molecule has 1 amide bonds. The van der Waals surface area contributed by atoms with Gasteiger partial charge in [-0.25, -0.2) is 4.79 Å². The second-order valence-electron chi connectivity index (χ2n) is 10.3. The van der Waals surface area contributed by atoms with Crippen LogP contribution in [0, 0.1) is 29.1 Å². The van der Waals surface area contributed by atoms with E-state index in [9.17, 15) is 19.8 Å². The van der Waals surface area contributed by atoms with Gasteiger partial charge in [-0.2, -0.15) is 0 Å². The number of nitrogens with zero attached hydrogens (tertiary/aromatic N) is 1. The fourth-order valence-corrected chi connectivity index (χ4v) is 5.57. The first-order valence-corrected chi connectivity index (χ1v) is 12.3. The van der Waals surface area contributed by atoms with Gasteiger partial charge in [-0.15, -0.1) is 11.3 Å². The monoisotopic (exact) mass is 445 g/mol. The van der Waals surface area contributed by atoms with Crippen molar-refractivity contribution in [3.05, 3.63) is 16.5 Å². The Labute approximate surface area is 189 Å². The fourth-order valence-electron chi connectivity index (χ4n) is 4.49. The number of aromatic carboxylic acids is 1. The number of carboxylic acid groups (broad SMARTS) is 1. The van der Waals surface area contributed by atoms with Gasteiger partial charge in [-0.1, -0.05) is 18.8 Å². The van der Waals surface area contributed by atoms with E-state index in [0.29, 0.717) is 41.5 Å². The maximum absolute atomic E-state index is 13.7. The second-order valence-corrected chi connectivity index (χ2v) is 11.3. The predicted octanol–water partition coefficient (Wildman–Crippen LogP) is 5.31. The van der Waals surface area contributed by atoms with Crippen LogP contribution in [0.15, 0.2) is 6.07 Å². The Morgan fingerprint density at radius 2 is 1.68 bits per heavy atom. The fraction of sp³-hybridized carbons (Fsp3) is 0.680. The normalized spacial score (nSPS) is 26.6. The predicted molar refractivity (Wildman–Crippen MR) is 124 cm³/mol. The van der Waals surface area contributed by atoms with E-state index in [1.165, 1.54) is 11.3 Å². The van der Waals surface area contributed by atoms with E-state index >= 15 is 0 Å². The maximum Gasteiger partial charge on any atom is 0.338 e. The lowest BCUT2D eigenvalue weighted by atomic mass is 9.81. The number of anilines is 1. The summed E-state index contributed by atoms with van der Waals surface area (Å²) < 4.78 is 0. The summed E-state index contributed by atoms with van der Waals surface area (Å²) in [6, 6.07) is 1.54. The molecule has 1 heterocycles. The summed E-state index contributed by atoms with van der Waals surface area (Å²) in [5.74, 6) is 5.89. The highest BCUT2D eigenvalue weighted by Crippen LogP contribution is 2.39. The molecule has 2 saturated carbocycles. The van der Waals surface area contributed by atoms with E-state index < -0.39 is 5.97 Å². The number of rotatable bonds is 4. The average molecular weight is 446 g/mol. The molecule has 6 heteroatoms. The van der Waals surface area contributed by atoms with E-state index in [-0.39, 0.29) is 34.9 Å². The quantitative estimate of drug-likeness (QED) is 0.616. The summed E-state index contributed by atoms with van der Waals surface area (Å²) in [7, 11) is 0. The molecule has 2 fully saturated rings. The molecule has 0 atom stereocenters. The molecule has 0 unspecified atom stereocenters. The number of hydrogen-bond acceptors (Lipinski definition) is 4. The van der Waals surface area contributed by atoms with Crippen molar-refractivity contribution in [1.29, 1.82) is 0 Å². The summed E-state index contributed by atoms with van der Waals surface area (Å²) in [6.07, 6.45) is 6.11. The minimum Gasteiger partial charge on any atom is -0.478 e. The van der Waals surface area contributed by atoms with E-state index in [0.717, 1.165) is 25.7 Å². The van der Waals surface area contributed by atoms with Gasteiger partial charge in [0.15, 0.2) is 0 Å². The van der Waals surface area contributed by atoms with Crippen molar-refractivity contribution in [2.45, 2.75) is 91.2 Å². The first-order chi connectivity index (χ1) is 14.5. The van der Waals surface area contributed by atoms with Gasteiger partial charge in [0, 0.05) is 17.4 Å². The Morgan fingerprint density at radius 3 is 2.23 bits per heavy atom. The molecular formula is C25H35NO4S. The van der Waals surface area contributed by atoms with Gasteiger partial charge in [0.2, 0.25) is 5.91 Å². The van der Waals surface area contributed by atoms with Gasteiger partial charge in [0.25, 0.3) is 0 Å². The first-order valence-electron chi connectivity index (χ1n) is 11.5. The lowest BCUT2D eigenvalue weighted by Gasteiger charge is -2.38. The van der Waals surface area contributed by atoms with Crippen LogP contribution in [0.2, 0.25) is 0 Å². The Balaban J connectivity index is 1.99. The molecule has 0 radical (unpaired) electrons. The number of carboxylic acids is 1. The molecule has 0 bridgehead atoms. The molecule has 0 aliphatic heterocycles. The summed E-state index contributed by atoms with van der Waals surface area (Å²) in [4.78, 5) is 28.3. The van der Waals surface area contributed by atoms with Crippen molar-refractivity contribution < 1.29 is 19.8 Å². The van der Waals surface area contributed by atoms with E-state index in [2.05, 4.69) is 18.8 Å². The first kappa shape index (κ1) is 23.8. The molecule has 2 aliphatic carbocycles. The van der Waals surface area contributed by atoms with E-state index in [4.69, 9.17) is 0 Å². The molecular weight excluding hydrogens is 410 g/mol. The third-order valence-corrected chi connectivity index (χ3v) is 7.41. The van der Waals surface area contributed by atoms with Crippen LogP contribution in [0.1, 0.15) is 94.3 Å². The molecule has 2 aliphatic rings. The summed E-state index contributed by atoms with van der Waals surface area (Å²) in [5, 5.41) is 20.4. The summed E-state index contributed by atoms with van der Waals surface area (Å²) in [5.41, 5.74) is -0.0340. The van der Waals surface area contributed by atoms with Crippen molar-refractivity contribution in [1.82, 2.24) is 0 Å². The zero-order chi connectivity index (χ0) is 22.8. The minimum atomic E-state index is -1.03. The molecule has 0 saturated heterocycles. The largest absolute Gasteiger partial charge is 0.478 e. The Kier molecular flexibility index (Phi) is 7.49. The van der Waals surface area contributed by atoms with Crippen LogP contribution >= 0.6 is 11.3 Å². The molecule has 1 aromatic rings. The number of aliphatic hydroxyl groups excluding tert-OH is 1. The van der Waals surface area contributed by atoms with Gasteiger partial charge < -0.3 is 10.2 Å². The standard InChI is InChI=1S/C25H35NO4S/c1-16-5-7-17(8-6-16)22(28)26(18-9-11-19(27)12-10-18)23-21(24(29)30)15-20(31-23)13-14-25(2,3)4/h15-19,27H,5-12H2,1-4H3,(H,29,30)/t16-,17-,18-,19+. The topological polar surface area (TPSA) is 77.8 Å². The SMILES string of the molecule is CC(C)(C)C#Cc1cc(C(=O)O)c(N(C(=O)[C@H]2CC[C@H](C)CC2)[C@H]2CC[C@@H](O)CC2)s1. The van der Waals surface area contributed by atoms with Gasteiger partial charge in [0.05, 0.1) is 16.5 Å². The van der Waals surface area contributed by atoms with Crippen LogP contribution in [-0.2, 0) is 4.79 Å². The summed E-state index contributed by atoms with van der Waals surface area (Å²) in [6.45, 7) is 8.27. The number of amides is 1. The van der Waals surface area contributed by atoms with Crippen LogP contribution in [0.4, 0.5) is 5.00 Å². The number of aliphatic hydroxyl groups is 1. The number of carbonyl (C=O) groups excluding carboxylic acids is 1. The molecule has 31 heavy (non-hydrogen) atoms. The highest BCUT2D eigenvalue weighted by atomic mass is 32.1. The van der Waals surface area contributed by atoms with Crippen molar-refractivity contribution in [3.63, 3.8) is 0 Å². The molecule has 5 nitrogen and oxygen atoms in total. The molecule has 170 valence electrons. The van der Waals surface area contributed by atoms with Crippen LogP contribution in [0.5, 0.6) is 0 Å². The Morgan fingerprint density at radius 1 is 1.06 bits per heavy atom. The van der Waals surface area contributed by atoms with Gasteiger partial charge in [-0.05, 0) is 84.1 Å². The van der Waals surface area contributed by atoms with E-state index in [1.807, 2.05) is 20.8 Å². The van der Waals surface area contributed by atoms with Crippen molar-refractivity contribution >= 4 is 28.2 Å². The summed E-state index contributed by atoms with van der Waals surface area (Å²) >= 11 is 1.31. The lowest BCUT2D eigenvalue weighted by Crippen LogP contribution is -2.46. The van der Waals surface area contributed by atoms with Crippen LogP contribution < -0.4 is 4.90 Å². The highest BCUT2D eigenvalue weighted by molar-refractivity contribution is 7.17.